The fourth-order valence-corrected chi connectivity index (χ4v) is 2.41. The normalized spacial score (nSPS) is 27.1. The van der Waals surface area contributed by atoms with Crippen LogP contribution in [0.5, 0.6) is 0 Å². The lowest BCUT2D eigenvalue weighted by molar-refractivity contribution is -0.123. The average Bonchev–Trinajstić information content (AvgIpc) is 2.59. The van der Waals surface area contributed by atoms with Crippen molar-refractivity contribution in [1.82, 2.24) is 10.2 Å². The lowest BCUT2D eigenvalue weighted by Gasteiger charge is -2.21. The van der Waals surface area contributed by atoms with Gasteiger partial charge in [-0.15, -0.1) is 0 Å². The third-order valence-electron chi connectivity index (χ3n) is 3.29. The second-order valence-electron chi connectivity index (χ2n) is 5.04. The smallest absolute Gasteiger partial charge is 0.234 e. The maximum absolute atomic E-state index is 11.8. The zero-order valence-corrected chi connectivity index (χ0v) is 11.1. The fraction of sp³-hybridized carbons (Fsp3) is 0.917. The predicted octanol–water partition coefficient (Wildman–Crippen LogP) is -0.193. The molecule has 3 unspecified atom stereocenters. The zero-order chi connectivity index (χ0) is 12.8. The number of nitrogens with two attached hydrogens (primary N) is 1. The van der Waals surface area contributed by atoms with E-state index in [4.69, 9.17) is 10.5 Å². The molecule has 5 nitrogen and oxygen atoms in total. The molecule has 0 saturated carbocycles. The van der Waals surface area contributed by atoms with Crippen LogP contribution in [0.25, 0.3) is 0 Å². The Kier molecular flexibility index (Phi) is 5.88. The van der Waals surface area contributed by atoms with Crippen molar-refractivity contribution < 1.29 is 9.53 Å². The second kappa shape index (κ2) is 6.93. The summed E-state index contributed by atoms with van der Waals surface area (Å²) in [6, 6.07) is 0.516. The van der Waals surface area contributed by atoms with Gasteiger partial charge in [-0.3, -0.25) is 9.69 Å². The third-order valence-corrected chi connectivity index (χ3v) is 3.29. The summed E-state index contributed by atoms with van der Waals surface area (Å²) in [5, 5.41) is 2.92. The van der Waals surface area contributed by atoms with Crippen LogP contribution in [0.2, 0.25) is 0 Å². The molecule has 0 aromatic heterocycles. The number of nitrogens with one attached hydrogen (secondary N) is 1. The van der Waals surface area contributed by atoms with Gasteiger partial charge in [0.1, 0.15) is 0 Å². The molecule has 5 heteroatoms. The molecule has 0 bridgehead atoms. The Morgan fingerprint density at radius 3 is 2.88 bits per heavy atom. The minimum Gasteiger partial charge on any atom is -0.383 e. The summed E-state index contributed by atoms with van der Waals surface area (Å²) >= 11 is 0. The number of amides is 1. The Labute approximate surface area is 104 Å². The number of carbonyl (C=O) groups excluding carboxylic acids is 1. The highest BCUT2D eigenvalue weighted by atomic mass is 16.5. The fourth-order valence-electron chi connectivity index (χ4n) is 2.41. The molecule has 1 amide bonds. The van der Waals surface area contributed by atoms with Crippen LogP contribution >= 0.6 is 0 Å². The summed E-state index contributed by atoms with van der Waals surface area (Å²) in [5.41, 5.74) is 5.67. The third kappa shape index (κ3) is 4.61. The topological polar surface area (TPSA) is 67.6 Å². The Balaban J connectivity index is 2.31. The molecular weight excluding hydrogens is 218 g/mol. The molecule has 1 heterocycles. The lowest BCUT2D eigenvalue weighted by atomic mass is 10.1. The van der Waals surface area contributed by atoms with Gasteiger partial charge in [0.15, 0.2) is 0 Å². The first-order valence-corrected chi connectivity index (χ1v) is 6.29. The predicted molar refractivity (Wildman–Crippen MR) is 67.7 cm³/mol. The number of hydrogen-bond donors (Lipinski definition) is 2. The summed E-state index contributed by atoms with van der Waals surface area (Å²) in [5.74, 6) is 0.605. The molecule has 0 aromatic carbocycles. The molecule has 0 radical (unpaired) electrons. The highest BCUT2D eigenvalue weighted by molar-refractivity contribution is 5.78. The highest BCUT2D eigenvalue weighted by Gasteiger charge is 2.29. The van der Waals surface area contributed by atoms with Gasteiger partial charge in [-0.25, -0.2) is 0 Å². The van der Waals surface area contributed by atoms with Crippen LogP contribution in [0.15, 0.2) is 0 Å². The average molecular weight is 243 g/mol. The van der Waals surface area contributed by atoms with E-state index in [1.807, 2.05) is 6.92 Å². The molecule has 17 heavy (non-hydrogen) atoms. The molecule has 1 aliphatic heterocycles. The van der Waals surface area contributed by atoms with E-state index in [2.05, 4.69) is 17.1 Å². The number of methoxy groups -OCH3 is 1. The minimum atomic E-state index is 0.0655. The maximum Gasteiger partial charge on any atom is 0.234 e. The van der Waals surface area contributed by atoms with Crippen LogP contribution in [0, 0.1) is 5.92 Å². The summed E-state index contributed by atoms with van der Waals surface area (Å²) in [4.78, 5) is 14.0. The van der Waals surface area contributed by atoms with Crippen LogP contribution in [-0.4, -0.2) is 56.2 Å². The number of hydrogen-bond acceptors (Lipinski definition) is 4. The molecule has 1 saturated heterocycles. The number of nitrogens with zero attached hydrogens (tertiary/aromatic N) is 1. The van der Waals surface area contributed by atoms with Crippen LogP contribution in [0.4, 0.5) is 0 Å². The molecule has 0 aromatic rings. The van der Waals surface area contributed by atoms with Gasteiger partial charge in [0.25, 0.3) is 0 Å². The van der Waals surface area contributed by atoms with E-state index in [1.54, 1.807) is 7.11 Å². The van der Waals surface area contributed by atoms with Crippen molar-refractivity contribution in [2.75, 3.05) is 33.4 Å². The van der Waals surface area contributed by atoms with Gasteiger partial charge in [-0.1, -0.05) is 0 Å². The molecule has 1 fully saturated rings. The molecule has 1 rings (SSSR count). The maximum atomic E-state index is 11.8. The lowest BCUT2D eigenvalue weighted by Crippen LogP contribution is -2.43. The Hall–Kier alpha value is -0.650. The second-order valence-corrected chi connectivity index (χ2v) is 5.04. The van der Waals surface area contributed by atoms with Crippen LogP contribution in [0.1, 0.15) is 20.3 Å². The Bertz CT molecular complexity index is 248. The van der Waals surface area contributed by atoms with Gasteiger partial charge in [0.2, 0.25) is 5.91 Å². The highest BCUT2D eigenvalue weighted by Crippen LogP contribution is 2.21. The molecule has 3 atom stereocenters. The van der Waals surface area contributed by atoms with Crippen molar-refractivity contribution in [3.8, 4) is 0 Å². The van der Waals surface area contributed by atoms with Gasteiger partial charge in [-0.05, 0) is 32.7 Å². The van der Waals surface area contributed by atoms with Crippen molar-refractivity contribution in [3.05, 3.63) is 0 Å². The van der Waals surface area contributed by atoms with Crippen molar-refractivity contribution in [3.63, 3.8) is 0 Å². The molecule has 0 spiro atoms. The van der Waals surface area contributed by atoms with E-state index in [0.717, 1.165) is 13.0 Å². The van der Waals surface area contributed by atoms with Crippen molar-refractivity contribution in [2.24, 2.45) is 11.7 Å². The van der Waals surface area contributed by atoms with E-state index in [9.17, 15) is 4.79 Å². The zero-order valence-electron chi connectivity index (χ0n) is 11.1. The van der Waals surface area contributed by atoms with E-state index in [0.29, 0.717) is 31.7 Å². The van der Waals surface area contributed by atoms with E-state index in [1.165, 1.54) is 0 Å². The van der Waals surface area contributed by atoms with Crippen molar-refractivity contribution >= 4 is 5.91 Å². The van der Waals surface area contributed by atoms with Gasteiger partial charge >= 0.3 is 0 Å². The largest absolute Gasteiger partial charge is 0.383 e. The van der Waals surface area contributed by atoms with Gasteiger partial charge in [0.05, 0.1) is 13.2 Å². The van der Waals surface area contributed by atoms with Gasteiger partial charge in [0, 0.05) is 25.7 Å². The molecule has 0 aliphatic carbocycles. The van der Waals surface area contributed by atoms with Crippen LogP contribution in [0.3, 0.4) is 0 Å². The minimum absolute atomic E-state index is 0.0655. The number of ether oxygens (including phenoxy) is 1. The SMILES string of the molecule is COCC(C)NC(=O)CN1CC(CN)CC1C. The van der Waals surface area contributed by atoms with E-state index < -0.39 is 0 Å². The van der Waals surface area contributed by atoms with Crippen molar-refractivity contribution in [2.45, 2.75) is 32.4 Å². The van der Waals surface area contributed by atoms with Crippen molar-refractivity contribution in [1.29, 1.82) is 0 Å². The number of carbonyl (C=O) groups is 1. The van der Waals surface area contributed by atoms with Crippen LogP contribution < -0.4 is 11.1 Å². The Morgan fingerprint density at radius 2 is 2.35 bits per heavy atom. The number of likely N-dealkylation sites (tertiary alicyclic amines) is 1. The standard InChI is InChI=1S/C12H25N3O2/c1-9(8-17-3)14-12(16)7-15-6-11(5-13)4-10(15)2/h9-11H,4-8,13H2,1-3H3,(H,14,16). The van der Waals surface area contributed by atoms with Gasteiger partial charge in [-0.2, -0.15) is 0 Å². The monoisotopic (exact) mass is 243 g/mol. The summed E-state index contributed by atoms with van der Waals surface area (Å²) in [6.07, 6.45) is 1.09. The number of rotatable bonds is 6. The quantitative estimate of drug-likeness (QED) is 0.678. The molecular formula is C12H25N3O2. The first-order valence-electron chi connectivity index (χ1n) is 6.29. The molecule has 100 valence electrons. The van der Waals surface area contributed by atoms with Crippen LogP contribution in [-0.2, 0) is 9.53 Å². The summed E-state index contributed by atoms with van der Waals surface area (Å²) < 4.78 is 4.99. The summed E-state index contributed by atoms with van der Waals surface area (Å²) in [6.45, 7) is 6.75. The molecule has 3 N–H and O–H groups in total. The van der Waals surface area contributed by atoms with E-state index in [-0.39, 0.29) is 11.9 Å². The van der Waals surface area contributed by atoms with Gasteiger partial charge < -0.3 is 15.8 Å². The molecule has 1 aliphatic rings. The Morgan fingerprint density at radius 1 is 1.65 bits per heavy atom. The first-order chi connectivity index (χ1) is 8.06. The first kappa shape index (κ1) is 14.4. The van der Waals surface area contributed by atoms with E-state index >= 15 is 0 Å². The summed E-state index contributed by atoms with van der Waals surface area (Å²) in [7, 11) is 1.64.